The van der Waals surface area contributed by atoms with Crippen LogP contribution in [-0.2, 0) is 4.79 Å². The van der Waals surface area contributed by atoms with Crippen LogP contribution in [-0.4, -0.2) is 34.9 Å². The number of nitriles is 1. The molecule has 0 aromatic carbocycles. The van der Waals surface area contributed by atoms with E-state index in [1.165, 1.54) is 0 Å². The maximum absolute atomic E-state index is 12.7. The minimum Gasteiger partial charge on any atom is -0.337 e. The van der Waals surface area contributed by atoms with Gasteiger partial charge in [0.25, 0.3) is 0 Å². The van der Waals surface area contributed by atoms with Crippen LogP contribution in [0.3, 0.4) is 0 Å². The molecule has 1 saturated heterocycles. The zero-order valence-electron chi connectivity index (χ0n) is 11.7. The zero-order chi connectivity index (χ0) is 13.6. The molecule has 4 heteroatoms. The van der Waals surface area contributed by atoms with E-state index in [1.54, 1.807) is 0 Å². The number of carbonyl (C=O) groups is 1. The highest BCUT2D eigenvalue weighted by Crippen LogP contribution is 2.33. The second kappa shape index (κ2) is 7.04. The van der Waals surface area contributed by atoms with Crippen LogP contribution in [0.15, 0.2) is 0 Å². The summed E-state index contributed by atoms with van der Waals surface area (Å²) < 4.78 is 0. The molecule has 102 valence electrons. The van der Waals surface area contributed by atoms with Crippen molar-refractivity contribution in [1.29, 1.82) is 5.26 Å². The molecule has 0 bridgehead atoms. The van der Waals surface area contributed by atoms with E-state index in [2.05, 4.69) is 13.0 Å². The molecule has 1 rings (SSSR count). The Morgan fingerprint density at radius 1 is 1.44 bits per heavy atom. The second-order valence-corrected chi connectivity index (χ2v) is 6.27. The molecular formula is C14H24N2OS. The molecular weight excluding hydrogens is 244 g/mol. The first-order valence-electron chi connectivity index (χ1n) is 6.91. The minimum absolute atomic E-state index is 0.0708. The molecule has 0 spiro atoms. The Hall–Kier alpha value is -0.690. The fourth-order valence-corrected chi connectivity index (χ4v) is 3.67. The van der Waals surface area contributed by atoms with Gasteiger partial charge >= 0.3 is 0 Å². The monoisotopic (exact) mass is 268 g/mol. The normalized spacial score (nSPS) is 20.6. The topological polar surface area (TPSA) is 44.1 Å². The highest BCUT2D eigenvalue weighted by molar-refractivity contribution is 7.99. The van der Waals surface area contributed by atoms with Gasteiger partial charge in [-0.2, -0.15) is 17.0 Å². The lowest BCUT2D eigenvalue weighted by Gasteiger charge is -2.38. The predicted octanol–water partition coefficient (Wildman–Crippen LogP) is 3.06. The molecule has 0 aromatic rings. The molecule has 1 amide bonds. The molecule has 0 N–H and O–H groups in total. The summed E-state index contributed by atoms with van der Waals surface area (Å²) in [5.41, 5.74) is -0.778. The van der Waals surface area contributed by atoms with E-state index < -0.39 is 5.41 Å². The van der Waals surface area contributed by atoms with Gasteiger partial charge in [0.05, 0.1) is 6.07 Å². The van der Waals surface area contributed by atoms with Gasteiger partial charge in [-0.15, -0.1) is 0 Å². The first-order chi connectivity index (χ1) is 8.61. The third kappa shape index (κ3) is 3.20. The summed E-state index contributed by atoms with van der Waals surface area (Å²) >= 11 is 1.89. The van der Waals surface area contributed by atoms with Gasteiger partial charge in [-0.05, 0) is 19.8 Å². The van der Waals surface area contributed by atoms with Gasteiger partial charge in [0.1, 0.15) is 5.41 Å². The highest BCUT2D eigenvalue weighted by atomic mass is 32.2. The van der Waals surface area contributed by atoms with Gasteiger partial charge in [0.2, 0.25) is 5.91 Å². The second-order valence-electron chi connectivity index (χ2n) is 5.12. The van der Waals surface area contributed by atoms with E-state index in [4.69, 9.17) is 0 Å². The molecule has 0 saturated carbocycles. The maximum Gasteiger partial charge on any atom is 0.243 e. The third-order valence-corrected chi connectivity index (χ3v) is 4.79. The third-order valence-electron chi connectivity index (χ3n) is 3.61. The van der Waals surface area contributed by atoms with E-state index in [-0.39, 0.29) is 11.9 Å². The lowest BCUT2D eigenvalue weighted by Crippen LogP contribution is -2.51. The van der Waals surface area contributed by atoms with Gasteiger partial charge in [0.15, 0.2) is 0 Å². The van der Waals surface area contributed by atoms with Crippen molar-refractivity contribution in [2.75, 3.05) is 18.1 Å². The molecule has 1 heterocycles. The van der Waals surface area contributed by atoms with E-state index in [0.717, 1.165) is 30.9 Å². The Morgan fingerprint density at radius 3 is 2.50 bits per heavy atom. The lowest BCUT2D eigenvalue weighted by atomic mass is 9.79. The first kappa shape index (κ1) is 15.4. The molecule has 1 aliphatic rings. The number of nitrogens with zero attached hydrogens (tertiary/aromatic N) is 2. The molecule has 0 aliphatic carbocycles. The number of hydrogen-bond acceptors (Lipinski definition) is 3. The average Bonchev–Trinajstić information content (AvgIpc) is 2.38. The zero-order valence-corrected chi connectivity index (χ0v) is 12.6. The smallest absolute Gasteiger partial charge is 0.243 e. The quantitative estimate of drug-likeness (QED) is 0.769. The van der Waals surface area contributed by atoms with E-state index in [0.29, 0.717) is 12.8 Å². The summed E-state index contributed by atoms with van der Waals surface area (Å²) in [5, 5.41) is 9.52. The molecule has 1 aliphatic heterocycles. The highest BCUT2D eigenvalue weighted by Gasteiger charge is 2.41. The van der Waals surface area contributed by atoms with Crippen LogP contribution < -0.4 is 0 Å². The van der Waals surface area contributed by atoms with Crippen molar-refractivity contribution in [2.24, 2.45) is 5.41 Å². The first-order valence-corrected chi connectivity index (χ1v) is 8.06. The lowest BCUT2D eigenvalue weighted by molar-refractivity contribution is -0.141. The molecule has 0 radical (unpaired) electrons. The Balaban J connectivity index is 2.90. The molecule has 18 heavy (non-hydrogen) atoms. The summed E-state index contributed by atoms with van der Waals surface area (Å²) in [5.74, 6) is 2.06. The van der Waals surface area contributed by atoms with Gasteiger partial charge in [-0.3, -0.25) is 4.79 Å². The summed E-state index contributed by atoms with van der Waals surface area (Å²) in [4.78, 5) is 14.7. The summed E-state index contributed by atoms with van der Waals surface area (Å²) in [6.45, 7) is 6.97. The fourth-order valence-electron chi connectivity index (χ4n) is 2.66. The molecule has 0 aromatic heterocycles. The molecule has 1 atom stereocenters. The Bertz CT molecular complexity index is 318. The van der Waals surface area contributed by atoms with Crippen molar-refractivity contribution in [3.63, 3.8) is 0 Å². The van der Waals surface area contributed by atoms with Crippen LogP contribution in [0.5, 0.6) is 0 Å². The Labute approximate surface area is 115 Å². The van der Waals surface area contributed by atoms with Crippen molar-refractivity contribution < 1.29 is 4.79 Å². The largest absolute Gasteiger partial charge is 0.337 e. The fraction of sp³-hybridized carbons (Fsp3) is 0.857. The number of hydrogen-bond donors (Lipinski definition) is 0. The van der Waals surface area contributed by atoms with Gasteiger partial charge in [-0.25, -0.2) is 0 Å². The van der Waals surface area contributed by atoms with Gasteiger partial charge in [0, 0.05) is 24.1 Å². The van der Waals surface area contributed by atoms with Crippen molar-refractivity contribution >= 4 is 17.7 Å². The van der Waals surface area contributed by atoms with Crippen molar-refractivity contribution in [1.82, 2.24) is 4.90 Å². The minimum atomic E-state index is -0.778. The average molecular weight is 268 g/mol. The van der Waals surface area contributed by atoms with Crippen LogP contribution in [0.1, 0.15) is 46.5 Å². The standard InChI is InChI=1S/C14H24N2OS/c1-4-6-14(11-15,7-5-2)13(17)16-8-9-18-10-12(16)3/h12H,4-10H2,1-3H3. The van der Waals surface area contributed by atoms with Gasteiger partial charge in [-0.1, -0.05) is 26.7 Å². The van der Waals surface area contributed by atoms with E-state index in [9.17, 15) is 10.1 Å². The Kier molecular flexibility index (Phi) is 6.01. The van der Waals surface area contributed by atoms with Gasteiger partial charge < -0.3 is 4.90 Å². The number of amides is 1. The predicted molar refractivity (Wildman–Crippen MR) is 76.4 cm³/mol. The van der Waals surface area contributed by atoms with Crippen LogP contribution in [0.2, 0.25) is 0 Å². The molecule has 1 unspecified atom stereocenters. The van der Waals surface area contributed by atoms with Crippen molar-refractivity contribution in [2.45, 2.75) is 52.5 Å². The van der Waals surface area contributed by atoms with Crippen LogP contribution in [0, 0.1) is 16.7 Å². The number of thioether (sulfide) groups is 1. The van der Waals surface area contributed by atoms with Crippen LogP contribution >= 0.6 is 11.8 Å². The maximum atomic E-state index is 12.7. The van der Waals surface area contributed by atoms with Crippen LogP contribution in [0.4, 0.5) is 0 Å². The summed E-state index contributed by atoms with van der Waals surface area (Å²) in [7, 11) is 0. The van der Waals surface area contributed by atoms with Crippen LogP contribution in [0.25, 0.3) is 0 Å². The number of rotatable bonds is 5. The van der Waals surface area contributed by atoms with E-state index in [1.807, 2.05) is 30.5 Å². The Morgan fingerprint density at radius 2 is 2.06 bits per heavy atom. The SMILES string of the molecule is CCCC(C#N)(CCC)C(=O)N1CCSCC1C. The molecule has 3 nitrogen and oxygen atoms in total. The van der Waals surface area contributed by atoms with E-state index >= 15 is 0 Å². The number of carbonyl (C=O) groups excluding carboxylic acids is 1. The van der Waals surface area contributed by atoms with Crippen molar-refractivity contribution in [3.05, 3.63) is 0 Å². The summed E-state index contributed by atoms with van der Waals surface area (Å²) in [6.07, 6.45) is 3.14. The molecule has 1 fully saturated rings. The summed E-state index contributed by atoms with van der Waals surface area (Å²) in [6, 6.07) is 2.60. The van der Waals surface area contributed by atoms with Crippen molar-refractivity contribution in [3.8, 4) is 6.07 Å².